The van der Waals surface area contributed by atoms with Gasteiger partial charge in [-0.15, -0.1) is 0 Å². The molecule has 2 aromatic rings. The third-order valence-corrected chi connectivity index (χ3v) is 3.75. The van der Waals surface area contributed by atoms with Crippen LogP contribution >= 0.6 is 11.6 Å². The van der Waals surface area contributed by atoms with Crippen LogP contribution in [0.4, 0.5) is 22.2 Å². The highest BCUT2D eigenvalue weighted by Gasteiger charge is 2.18. The second kappa shape index (κ2) is 6.19. The number of nitrogen functional groups attached to an aromatic ring is 1. The van der Waals surface area contributed by atoms with E-state index in [-0.39, 0.29) is 12.0 Å². The van der Waals surface area contributed by atoms with E-state index in [9.17, 15) is 4.79 Å². The summed E-state index contributed by atoms with van der Waals surface area (Å²) < 4.78 is 0. The number of urea groups is 1. The van der Waals surface area contributed by atoms with Crippen LogP contribution in [0.15, 0.2) is 24.3 Å². The summed E-state index contributed by atoms with van der Waals surface area (Å²) in [7, 11) is 0. The number of carbonyl (C=O) groups excluding carboxylic acids is 1. The van der Waals surface area contributed by atoms with Crippen LogP contribution in [-0.4, -0.2) is 16.0 Å². The number of rotatable bonds is 2. The fourth-order valence-electron chi connectivity index (χ4n) is 2.55. The van der Waals surface area contributed by atoms with Crippen molar-refractivity contribution in [3.63, 3.8) is 0 Å². The lowest BCUT2D eigenvalue weighted by molar-refractivity contribution is 0.262. The fraction of sp³-hybridized carbons (Fsp3) is 0.267. The van der Waals surface area contributed by atoms with Gasteiger partial charge in [0.25, 0.3) is 0 Å². The van der Waals surface area contributed by atoms with Gasteiger partial charge in [0.2, 0.25) is 5.95 Å². The molecule has 22 heavy (non-hydrogen) atoms. The Morgan fingerprint density at radius 3 is 2.82 bits per heavy atom. The van der Waals surface area contributed by atoms with Crippen molar-refractivity contribution >= 4 is 35.1 Å². The van der Waals surface area contributed by atoms with Gasteiger partial charge in [0.1, 0.15) is 5.82 Å². The van der Waals surface area contributed by atoms with Gasteiger partial charge in [0, 0.05) is 16.3 Å². The maximum absolute atomic E-state index is 12.1. The van der Waals surface area contributed by atoms with Crippen LogP contribution in [0.1, 0.15) is 24.1 Å². The first kappa shape index (κ1) is 14.6. The van der Waals surface area contributed by atoms with Crippen molar-refractivity contribution in [2.75, 3.05) is 16.4 Å². The molecule has 7 heteroatoms. The first-order valence-corrected chi connectivity index (χ1v) is 7.48. The maximum atomic E-state index is 12.1. The number of aromatic nitrogens is 2. The van der Waals surface area contributed by atoms with Gasteiger partial charge < -0.3 is 11.1 Å². The third kappa shape index (κ3) is 3.28. The molecule has 0 radical (unpaired) electrons. The van der Waals surface area contributed by atoms with Crippen molar-refractivity contribution in [3.8, 4) is 0 Å². The molecule has 0 unspecified atom stereocenters. The topological polar surface area (TPSA) is 92.9 Å². The number of anilines is 3. The lowest BCUT2D eigenvalue weighted by atomic mass is 9.96. The smallest absolute Gasteiger partial charge is 0.324 e. The second-order valence-corrected chi connectivity index (χ2v) is 5.59. The van der Waals surface area contributed by atoms with Crippen molar-refractivity contribution in [3.05, 3.63) is 40.5 Å². The van der Waals surface area contributed by atoms with Gasteiger partial charge in [-0.05, 0) is 43.9 Å². The van der Waals surface area contributed by atoms with Crippen molar-refractivity contribution in [1.29, 1.82) is 0 Å². The van der Waals surface area contributed by atoms with Crippen LogP contribution in [0.5, 0.6) is 0 Å². The van der Waals surface area contributed by atoms with Gasteiger partial charge in [-0.1, -0.05) is 17.7 Å². The molecule has 0 bridgehead atoms. The molecule has 6 nitrogen and oxygen atoms in total. The van der Waals surface area contributed by atoms with Crippen LogP contribution < -0.4 is 16.4 Å². The Balaban J connectivity index is 1.78. The monoisotopic (exact) mass is 317 g/mol. The van der Waals surface area contributed by atoms with E-state index in [1.165, 1.54) is 0 Å². The maximum Gasteiger partial charge on any atom is 0.324 e. The van der Waals surface area contributed by atoms with E-state index in [0.29, 0.717) is 16.5 Å². The third-order valence-electron chi connectivity index (χ3n) is 3.51. The lowest BCUT2D eigenvalue weighted by Gasteiger charge is -2.18. The van der Waals surface area contributed by atoms with Gasteiger partial charge in [0.15, 0.2) is 0 Å². The standard InChI is InChI=1S/C15H16ClN5O/c16-9-4-3-5-10(8-9)18-15(22)21-13-11-6-1-2-7-12(11)19-14(17)20-13/h3-5,8H,1-2,6-7H2,(H4,17,18,19,20,21,22). The van der Waals surface area contributed by atoms with Gasteiger partial charge in [0.05, 0.1) is 5.69 Å². The Hall–Kier alpha value is -2.34. The molecular formula is C15H16ClN5O. The summed E-state index contributed by atoms with van der Waals surface area (Å²) in [4.78, 5) is 20.5. The van der Waals surface area contributed by atoms with E-state index in [2.05, 4.69) is 20.6 Å². The quantitative estimate of drug-likeness (QED) is 0.792. The molecule has 1 aromatic heterocycles. The van der Waals surface area contributed by atoms with Gasteiger partial charge in [-0.25, -0.2) is 9.78 Å². The predicted molar refractivity (Wildman–Crippen MR) is 87.2 cm³/mol. The number of nitrogens with two attached hydrogens (primary N) is 1. The van der Waals surface area contributed by atoms with Gasteiger partial charge >= 0.3 is 6.03 Å². The molecule has 0 fully saturated rings. The largest absolute Gasteiger partial charge is 0.368 e. The normalized spacial score (nSPS) is 13.3. The van der Waals surface area contributed by atoms with Crippen molar-refractivity contribution in [1.82, 2.24) is 9.97 Å². The minimum Gasteiger partial charge on any atom is -0.368 e. The Kier molecular flexibility index (Phi) is 4.11. The van der Waals surface area contributed by atoms with E-state index < -0.39 is 0 Å². The molecule has 1 aromatic carbocycles. The van der Waals surface area contributed by atoms with E-state index >= 15 is 0 Å². The van der Waals surface area contributed by atoms with Crippen molar-refractivity contribution < 1.29 is 4.79 Å². The first-order valence-electron chi connectivity index (χ1n) is 7.10. The highest BCUT2D eigenvalue weighted by Crippen LogP contribution is 2.26. The number of halogens is 1. The summed E-state index contributed by atoms with van der Waals surface area (Å²) in [6.45, 7) is 0. The van der Waals surface area contributed by atoms with Crippen LogP contribution in [0.3, 0.4) is 0 Å². The minimum absolute atomic E-state index is 0.179. The van der Waals surface area contributed by atoms with Crippen molar-refractivity contribution in [2.24, 2.45) is 0 Å². The summed E-state index contributed by atoms with van der Waals surface area (Å²) >= 11 is 5.90. The average molecular weight is 318 g/mol. The molecule has 0 saturated carbocycles. The molecule has 4 N–H and O–H groups in total. The van der Waals surface area contributed by atoms with Crippen LogP contribution in [-0.2, 0) is 12.8 Å². The minimum atomic E-state index is -0.381. The number of carbonyl (C=O) groups is 1. The zero-order valence-corrected chi connectivity index (χ0v) is 12.7. The first-order chi connectivity index (χ1) is 10.6. The Morgan fingerprint density at radius 2 is 2.00 bits per heavy atom. The highest BCUT2D eigenvalue weighted by molar-refractivity contribution is 6.30. The molecule has 114 valence electrons. The van der Waals surface area contributed by atoms with Crippen LogP contribution in [0.2, 0.25) is 5.02 Å². The molecule has 0 aliphatic heterocycles. The molecule has 2 amide bonds. The molecule has 3 rings (SSSR count). The number of nitrogens with one attached hydrogen (secondary N) is 2. The molecule has 1 aliphatic rings. The van der Waals surface area contributed by atoms with Crippen LogP contribution in [0, 0.1) is 0 Å². The molecule has 0 saturated heterocycles. The molecule has 1 heterocycles. The number of hydrogen-bond donors (Lipinski definition) is 3. The SMILES string of the molecule is Nc1nc2c(c(NC(=O)Nc3cccc(Cl)c3)n1)CCCC2. The fourth-order valence-corrected chi connectivity index (χ4v) is 2.74. The van der Waals surface area contributed by atoms with E-state index in [1.807, 2.05) is 0 Å². The average Bonchev–Trinajstić information content (AvgIpc) is 2.47. The Bertz CT molecular complexity index is 719. The number of aryl methyl sites for hydroxylation is 1. The van der Waals surface area contributed by atoms with E-state index in [1.54, 1.807) is 24.3 Å². The summed E-state index contributed by atoms with van der Waals surface area (Å²) in [5.41, 5.74) is 8.23. The summed E-state index contributed by atoms with van der Waals surface area (Å²) in [5.74, 6) is 0.667. The molecule has 0 atom stereocenters. The Labute approximate surface area is 133 Å². The zero-order chi connectivity index (χ0) is 15.5. The number of nitrogens with zero attached hydrogens (tertiary/aromatic N) is 2. The molecule has 1 aliphatic carbocycles. The zero-order valence-electron chi connectivity index (χ0n) is 11.9. The van der Waals surface area contributed by atoms with Gasteiger partial charge in [-0.3, -0.25) is 5.32 Å². The number of amides is 2. The lowest BCUT2D eigenvalue weighted by Crippen LogP contribution is -2.23. The summed E-state index contributed by atoms with van der Waals surface area (Å²) in [5, 5.41) is 6.03. The second-order valence-electron chi connectivity index (χ2n) is 5.15. The van der Waals surface area contributed by atoms with Crippen LogP contribution in [0.25, 0.3) is 0 Å². The summed E-state index contributed by atoms with van der Waals surface area (Å²) in [6.07, 6.45) is 3.86. The summed E-state index contributed by atoms with van der Waals surface area (Å²) in [6, 6.07) is 6.56. The van der Waals surface area contributed by atoms with Gasteiger partial charge in [-0.2, -0.15) is 4.98 Å². The van der Waals surface area contributed by atoms with Crippen molar-refractivity contribution in [2.45, 2.75) is 25.7 Å². The number of benzene rings is 1. The van der Waals surface area contributed by atoms with E-state index in [0.717, 1.165) is 36.9 Å². The van der Waals surface area contributed by atoms with E-state index in [4.69, 9.17) is 17.3 Å². The predicted octanol–water partition coefficient (Wildman–Crippen LogP) is 3.24. The Morgan fingerprint density at radius 1 is 1.18 bits per heavy atom. The number of fused-ring (bicyclic) bond motifs is 1. The molecular weight excluding hydrogens is 302 g/mol. The molecule has 0 spiro atoms. The highest BCUT2D eigenvalue weighted by atomic mass is 35.5. The number of hydrogen-bond acceptors (Lipinski definition) is 4.